The molecule has 1 aliphatic rings. The van der Waals surface area contributed by atoms with Crippen LogP contribution in [0, 0.1) is 5.92 Å². The molecule has 1 aliphatic heterocycles. The van der Waals surface area contributed by atoms with Crippen molar-refractivity contribution in [2.75, 3.05) is 13.2 Å². The second-order valence-corrected chi connectivity index (χ2v) is 5.42. The van der Waals surface area contributed by atoms with E-state index in [0.29, 0.717) is 18.5 Å². The fourth-order valence-electron chi connectivity index (χ4n) is 2.45. The van der Waals surface area contributed by atoms with E-state index in [1.807, 2.05) is 0 Å². The van der Waals surface area contributed by atoms with Crippen LogP contribution >= 0.6 is 11.6 Å². The standard InChI is InChI=1S/C13H17ClN4O4/c14-11-10(15-3-4-16-11)5-17-12(20)8-1-2-9(7-19)18(6-8)13(21)22/h3-4,8-9,19H,1-2,5-7H2,(H,17,20)(H,21,22). The van der Waals surface area contributed by atoms with Crippen LogP contribution < -0.4 is 5.32 Å². The first-order valence-electron chi connectivity index (χ1n) is 6.86. The lowest BCUT2D eigenvalue weighted by atomic mass is 9.92. The average molecular weight is 329 g/mol. The van der Waals surface area contributed by atoms with Crippen molar-refractivity contribution in [2.24, 2.45) is 5.92 Å². The van der Waals surface area contributed by atoms with Gasteiger partial charge in [-0.3, -0.25) is 9.78 Å². The minimum atomic E-state index is -1.13. The number of rotatable bonds is 4. The first-order valence-corrected chi connectivity index (χ1v) is 7.24. The molecule has 2 atom stereocenters. The van der Waals surface area contributed by atoms with Gasteiger partial charge < -0.3 is 20.4 Å². The molecule has 120 valence electrons. The number of nitrogens with zero attached hydrogens (tertiary/aromatic N) is 3. The first kappa shape index (κ1) is 16.4. The Morgan fingerprint density at radius 1 is 1.36 bits per heavy atom. The molecular weight excluding hydrogens is 312 g/mol. The highest BCUT2D eigenvalue weighted by molar-refractivity contribution is 6.29. The van der Waals surface area contributed by atoms with Crippen molar-refractivity contribution in [3.63, 3.8) is 0 Å². The van der Waals surface area contributed by atoms with Gasteiger partial charge in [0.2, 0.25) is 5.91 Å². The molecule has 0 radical (unpaired) electrons. The summed E-state index contributed by atoms with van der Waals surface area (Å²) in [6.07, 6.45) is 2.77. The molecule has 0 bridgehead atoms. The number of aliphatic hydroxyl groups excluding tert-OH is 1. The van der Waals surface area contributed by atoms with Crippen LogP contribution in [0.2, 0.25) is 5.15 Å². The normalized spacial score (nSPS) is 21.5. The molecule has 1 fully saturated rings. The van der Waals surface area contributed by atoms with E-state index in [2.05, 4.69) is 15.3 Å². The number of carbonyl (C=O) groups is 2. The van der Waals surface area contributed by atoms with Crippen LogP contribution in [0.15, 0.2) is 12.4 Å². The van der Waals surface area contributed by atoms with Gasteiger partial charge in [-0.25, -0.2) is 9.78 Å². The van der Waals surface area contributed by atoms with Crippen molar-refractivity contribution >= 4 is 23.6 Å². The Bertz CT molecular complexity index is 557. The second kappa shape index (κ2) is 7.37. The number of amides is 2. The predicted molar refractivity (Wildman–Crippen MR) is 77.2 cm³/mol. The van der Waals surface area contributed by atoms with Crippen molar-refractivity contribution in [1.82, 2.24) is 20.2 Å². The highest BCUT2D eigenvalue weighted by atomic mass is 35.5. The van der Waals surface area contributed by atoms with Gasteiger partial charge in [-0.15, -0.1) is 0 Å². The molecule has 0 aliphatic carbocycles. The molecule has 8 nitrogen and oxygen atoms in total. The number of piperidine rings is 1. The second-order valence-electron chi connectivity index (χ2n) is 5.06. The average Bonchev–Trinajstić information content (AvgIpc) is 2.53. The molecule has 1 saturated heterocycles. The number of carbonyl (C=O) groups excluding carboxylic acids is 1. The number of carboxylic acid groups (broad SMARTS) is 1. The Hall–Kier alpha value is -1.93. The fourth-order valence-corrected chi connectivity index (χ4v) is 2.62. The minimum Gasteiger partial charge on any atom is -0.465 e. The summed E-state index contributed by atoms with van der Waals surface area (Å²) in [6.45, 7) is -0.0328. The highest BCUT2D eigenvalue weighted by Crippen LogP contribution is 2.22. The largest absolute Gasteiger partial charge is 0.465 e. The van der Waals surface area contributed by atoms with Crippen molar-refractivity contribution in [1.29, 1.82) is 0 Å². The Labute approximate surface area is 132 Å². The van der Waals surface area contributed by atoms with E-state index in [4.69, 9.17) is 16.7 Å². The van der Waals surface area contributed by atoms with Gasteiger partial charge in [0.15, 0.2) is 5.15 Å². The zero-order valence-corrected chi connectivity index (χ0v) is 12.5. The van der Waals surface area contributed by atoms with Crippen LogP contribution in [-0.2, 0) is 11.3 Å². The number of aliphatic hydroxyl groups is 1. The van der Waals surface area contributed by atoms with E-state index in [-0.39, 0.29) is 30.8 Å². The molecule has 9 heteroatoms. The summed E-state index contributed by atoms with van der Waals surface area (Å²) < 4.78 is 0. The third-order valence-corrected chi connectivity index (χ3v) is 4.00. The molecular formula is C13H17ClN4O4. The topological polar surface area (TPSA) is 116 Å². The van der Waals surface area contributed by atoms with Crippen LogP contribution in [0.4, 0.5) is 4.79 Å². The summed E-state index contributed by atoms with van der Waals surface area (Å²) in [5, 5.41) is 21.2. The Balaban J connectivity index is 1.93. The molecule has 1 aromatic rings. The van der Waals surface area contributed by atoms with Gasteiger partial charge in [-0.1, -0.05) is 11.6 Å². The number of nitrogens with one attached hydrogen (secondary N) is 1. The zero-order valence-electron chi connectivity index (χ0n) is 11.8. The van der Waals surface area contributed by atoms with Crippen molar-refractivity contribution in [3.8, 4) is 0 Å². The van der Waals surface area contributed by atoms with Crippen LogP contribution in [0.25, 0.3) is 0 Å². The van der Waals surface area contributed by atoms with Gasteiger partial charge in [-0.2, -0.15) is 0 Å². The Morgan fingerprint density at radius 3 is 2.73 bits per heavy atom. The lowest BCUT2D eigenvalue weighted by molar-refractivity contribution is -0.127. The van der Waals surface area contributed by atoms with Crippen LogP contribution in [-0.4, -0.2) is 56.3 Å². The maximum absolute atomic E-state index is 12.2. The lowest BCUT2D eigenvalue weighted by Gasteiger charge is -2.36. The Morgan fingerprint density at radius 2 is 2.09 bits per heavy atom. The van der Waals surface area contributed by atoms with E-state index in [9.17, 15) is 14.7 Å². The molecule has 2 unspecified atom stereocenters. The summed E-state index contributed by atoms with van der Waals surface area (Å²) in [5.41, 5.74) is 0.455. The molecule has 0 spiro atoms. The van der Waals surface area contributed by atoms with Crippen LogP contribution in [0.3, 0.4) is 0 Å². The van der Waals surface area contributed by atoms with Crippen LogP contribution in [0.5, 0.6) is 0 Å². The SMILES string of the molecule is O=C(NCc1nccnc1Cl)C1CCC(CO)N(C(=O)O)C1. The van der Waals surface area contributed by atoms with E-state index < -0.39 is 18.1 Å². The molecule has 2 amide bonds. The lowest BCUT2D eigenvalue weighted by Crippen LogP contribution is -2.51. The monoisotopic (exact) mass is 328 g/mol. The smallest absolute Gasteiger partial charge is 0.407 e. The van der Waals surface area contributed by atoms with E-state index in [0.717, 1.165) is 4.90 Å². The molecule has 1 aromatic heterocycles. The number of hydrogen-bond donors (Lipinski definition) is 3. The number of hydrogen-bond acceptors (Lipinski definition) is 5. The summed E-state index contributed by atoms with van der Waals surface area (Å²) in [5.74, 6) is -0.710. The van der Waals surface area contributed by atoms with Gasteiger partial charge in [0.25, 0.3) is 0 Å². The number of halogens is 1. The van der Waals surface area contributed by atoms with Gasteiger partial charge in [0.1, 0.15) is 0 Å². The third kappa shape index (κ3) is 3.83. The molecule has 2 heterocycles. The highest BCUT2D eigenvalue weighted by Gasteiger charge is 2.34. The van der Waals surface area contributed by atoms with Gasteiger partial charge in [-0.05, 0) is 12.8 Å². The minimum absolute atomic E-state index is 0.0700. The van der Waals surface area contributed by atoms with E-state index >= 15 is 0 Å². The summed E-state index contributed by atoms with van der Waals surface area (Å²) in [7, 11) is 0. The van der Waals surface area contributed by atoms with Gasteiger partial charge >= 0.3 is 6.09 Å². The maximum atomic E-state index is 12.2. The van der Waals surface area contributed by atoms with Gasteiger partial charge in [0.05, 0.1) is 30.8 Å². The first-order chi connectivity index (χ1) is 10.5. The molecule has 0 saturated carbocycles. The number of likely N-dealkylation sites (tertiary alicyclic amines) is 1. The molecule has 2 rings (SSSR count). The van der Waals surface area contributed by atoms with Crippen molar-refractivity contribution in [2.45, 2.75) is 25.4 Å². The van der Waals surface area contributed by atoms with E-state index in [1.165, 1.54) is 12.4 Å². The quantitative estimate of drug-likeness (QED) is 0.741. The van der Waals surface area contributed by atoms with E-state index in [1.54, 1.807) is 0 Å². The zero-order chi connectivity index (χ0) is 16.1. The fraction of sp³-hybridized carbons (Fsp3) is 0.538. The summed E-state index contributed by atoms with van der Waals surface area (Å²) in [4.78, 5) is 32.3. The molecule has 3 N–H and O–H groups in total. The third-order valence-electron chi connectivity index (χ3n) is 3.69. The molecule has 0 aromatic carbocycles. The predicted octanol–water partition coefficient (Wildman–Crippen LogP) is 0.497. The number of aromatic nitrogens is 2. The maximum Gasteiger partial charge on any atom is 0.407 e. The van der Waals surface area contributed by atoms with Crippen molar-refractivity contribution < 1.29 is 19.8 Å². The van der Waals surface area contributed by atoms with Crippen LogP contribution in [0.1, 0.15) is 18.5 Å². The van der Waals surface area contributed by atoms with Crippen molar-refractivity contribution in [3.05, 3.63) is 23.2 Å². The van der Waals surface area contributed by atoms with Gasteiger partial charge in [0, 0.05) is 18.9 Å². The Kier molecular flexibility index (Phi) is 5.51. The summed E-state index contributed by atoms with van der Waals surface area (Å²) >= 11 is 5.86. The molecule has 22 heavy (non-hydrogen) atoms. The summed E-state index contributed by atoms with van der Waals surface area (Å²) in [6, 6.07) is -0.448.